The van der Waals surface area contributed by atoms with Crippen molar-refractivity contribution in [2.24, 2.45) is 5.92 Å². The van der Waals surface area contributed by atoms with Gasteiger partial charge in [-0.1, -0.05) is 37.6 Å². The molecule has 1 rings (SSSR count). The van der Waals surface area contributed by atoms with Crippen molar-refractivity contribution in [3.63, 3.8) is 0 Å². The van der Waals surface area contributed by atoms with E-state index in [4.69, 9.17) is 0 Å². The Balaban J connectivity index is 2.83. The van der Waals surface area contributed by atoms with Gasteiger partial charge in [-0.25, -0.2) is 0 Å². The number of benzene rings is 1. The summed E-state index contributed by atoms with van der Waals surface area (Å²) in [4.78, 5) is 0.212. The molecule has 0 unspecified atom stereocenters. The lowest BCUT2D eigenvalue weighted by atomic mass is 10.0. The number of alkyl halides is 3. The second-order valence-electron chi connectivity index (χ2n) is 4.52. The largest absolute Gasteiger partial charge is 0.446 e. The van der Waals surface area contributed by atoms with Crippen molar-refractivity contribution in [1.82, 2.24) is 5.32 Å². The van der Waals surface area contributed by atoms with Crippen molar-refractivity contribution >= 4 is 17.8 Å². The molecule has 0 aliphatic carbocycles. The molecule has 0 saturated heterocycles. The van der Waals surface area contributed by atoms with Gasteiger partial charge in [-0.05, 0) is 42.4 Å². The van der Waals surface area contributed by atoms with E-state index in [-0.39, 0.29) is 16.7 Å². The second kappa shape index (κ2) is 7.01. The highest BCUT2D eigenvalue weighted by atomic mass is 32.2. The molecular formula is C14H18F3NS. The van der Waals surface area contributed by atoms with E-state index in [0.29, 0.717) is 5.92 Å². The zero-order valence-electron chi connectivity index (χ0n) is 11.2. The first-order chi connectivity index (χ1) is 8.81. The van der Waals surface area contributed by atoms with Gasteiger partial charge < -0.3 is 5.32 Å². The maximum absolute atomic E-state index is 12.2. The Morgan fingerprint density at radius 3 is 2.26 bits per heavy atom. The van der Waals surface area contributed by atoms with Gasteiger partial charge in [-0.15, -0.1) is 0 Å². The molecule has 0 aromatic heterocycles. The predicted octanol–water partition coefficient (Wildman–Crippen LogP) is 4.56. The molecule has 0 aliphatic rings. The Morgan fingerprint density at radius 2 is 1.84 bits per heavy atom. The Labute approximate surface area is 116 Å². The number of halogens is 3. The van der Waals surface area contributed by atoms with E-state index >= 15 is 0 Å². The van der Waals surface area contributed by atoms with Crippen LogP contribution in [0.25, 0.3) is 6.08 Å². The van der Waals surface area contributed by atoms with Gasteiger partial charge in [0, 0.05) is 11.4 Å². The molecule has 0 heterocycles. The fraction of sp³-hybridized carbons (Fsp3) is 0.429. The fourth-order valence-corrected chi connectivity index (χ4v) is 2.15. The summed E-state index contributed by atoms with van der Waals surface area (Å²) in [5.41, 5.74) is -2.09. The van der Waals surface area contributed by atoms with Crippen LogP contribution in [0, 0.1) is 5.92 Å². The summed E-state index contributed by atoms with van der Waals surface area (Å²) >= 11 is -0.0881. The highest BCUT2D eigenvalue weighted by Gasteiger charge is 2.28. The van der Waals surface area contributed by atoms with Gasteiger partial charge in [0.05, 0.1) is 0 Å². The Bertz CT molecular complexity index is 421. The van der Waals surface area contributed by atoms with Crippen molar-refractivity contribution in [1.29, 1.82) is 0 Å². The lowest BCUT2D eigenvalue weighted by molar-refractivity contribution is -0.0328. The number of likely N-dealkylation sites (N-methyl/N-ethyl adjacent to an activating group) is 1. The average Bonchev–Trinajstić information content (AvgIpc) is 2.29. The first-order valence-electron chi connectivity index (χ1n) is 6.02. The van der Waals surface area contributed by atoms with Crippen LogP contribution in [0.15, 0.2) is 34.7 Å². The summed E-state index contributed by atoms with van der Waals surface area (Å²) in [6.45, 7) is 4.96. The van der Waals surface area contributed by atoms with E-state index in [0.717, 1.165) is 12.1 Å². The van der Waals surface area contributed by atoms with Crippen molar-refractivity contribution in [2.45, 2.75) is 24.3 Å². The van der Waals surface area contributed by atoms with E-state index in [1.807, 2.05) is 13.1 Å². The average molecular weight is 289 g/mol. The summed E-state index contributed by atoms with van der Waals surface area (Å²) in [6, 6.07) is 6.43. The predicted molar refractivity (Wildman–Crippen MR) is 75.1 cm³/mol. The second-order valence-corrected chi connectivity index (χ2v) is 5.66. The lowest BCUT2D eigenvalue weighted by Crippen LogP contribution is -2.13. The zero-order valence-corrected chi connectivity index (χ0v) is 12.0. The van der Waals surface area contributed by atoms with Gasteiger partial charge in [0.1, 0.15) is 0 Å². The van der Waals surface area contributed by atoms with E-state index in [1.54, 1.807) is 12.1 Å². The smallest absolute Gasteiger partial charge is 0.316 e. The molecule has 5 heteroatoms. The minimum Gasteiger partial charge on any atom is -0.316 e. The van der Waals surface area contributed by atoms with Gasteiger partial charge in [0.15, 0.2) is 0 Å². The lowest BCUT2D eigenvalue weighted by Gasteiger charge is -2.11. The number of hydrogen-bond donors (Lipinski definition) is 1. The third-order valence-electron chi connectivity index (χ3n) is 2.59. The third kappa shape index (κ3) is 6.16. The number of nitrogens with one attached hydrogen (secondary N) is 1. The topological polar surface area (TPSA) is 12.0 Å². The molecule has 0 saturated carbocycles. The van der Waals surface area contributed by atoms with Crippen LogP contribution in [-0.2, 0) is 0 Å². The summed E-state index contributed by atoms with van der Waals surface area (Å²) < 4.78 is 36.6. The molecule has 0 spiro atoms. The molecule has 106 valence electrons. The van der Waals surface area contributed by atoms with Gasteiger partial charge in [0.25, 0.3) is 0 Å². The van der Waals surface area contributed by atoms with Gasteiger partial charge in [-0.3, -0.25) is 0 Å². The molecular weight excluding hydrogens is 271 g/mol. The van der Waals surface area contributed by atoms with Gasteiger partial charge in [-0.2, -0.15) is 13.2 Å². The summed E-state index contributed by atoms with van der Waals surface area (Å²) in [5.74, 6) is 0.400. The van der Waals surface area contributed by atoms with Crippen LogP contribution < -0.4 is 5.32 Å². The van der Waals surface area contributed by atoms with E-state index in [2.05, 4.69) is 19.2 Å². The fourth-order valence-electron chi connectivity index (χ4n) is 1.61. The molecule has 0 radical (unpaired) electrons. The van der Waals surface area contributed by atoms with E-state index in [9.17, 15) is 13.2 Å². The Kier molecular flexibility index (Phi) is 5.94. The van der Waals surface area contributed by atoms with Crippen LogP contribution in [0.2, 0.25) is 0 Å². The standard InChI is InChI=1S/C14H18F3NS/c1-10(2)12(9-18-3)8-11-4-6-13(7-5-11)19-14(15,16)17/h4-8,10,18H,9H2,1-3H3. The maximum Gasteiger partial charge on any atom is 0.446 e. The molecule has 19 heavy (non-hydrogen) atoms. The van der Waals surface area contributed by atoms with Crippen molar-refractivity contribution in [3.8, 4) is 0 Å². The third-order valence-corrected chi connectivity index (χ3v) is 3.33. The van der Waals surface area contributed by atoms with Gasteiger partial charge >= 0.3 is 5.51 Å². The van der Waals surface area contributed by atoms with Crippen molar-refractivity contribution < 1.29 is 13.2 Å². The van der Waals surface area contributed by atoms with Crippen LogP contribution in [0.3, 0.4) is 0 Å². The molecule has 0 atom stereocenters. The van der Waals surface area contributed by atoms with Gasteiger partial charge in [0.2, 0.25) is 0 Å². The van der Waals surface area contributed by atoms with E-state index < -0.39 is 5.51 Å². The molecule has 0 aliphatic heterocycles. The highest BCUT2D eigenvalue weighted by molar-refractivity contribution is 8.00. The van der Waals surface area contributed by atoms with Crippen LogP contribution in [-0.4, -0.2) is 19.1 Å². The monoisotopic (exact) mass is 289 g/mol. The Hall–Kier alpha value is -0.940. The van der Waals surface area contributed by atoms with Crippen LogP contribution in [0.4, 0.5) is 13.2 Å². The summed E-state index contributed by atoms with van der Waals surface area (Å²) in [6.07, 6.45) is 2.02. The maximum atomic E-state index is 12.2. The van der Waals surface area contributed by atoms with Crippen LogP contribution >= 0.6 is 11.8 Å². The Morgan fingerprint density at radius 1 is 1.26 bits per heavy atom. The van der Waals surface area contributed by atoms with Crippen molar-refractivity contribution in [2.75, 3.05) is 13.6 Å². The first kappa shape index (κ1) is 16.1. The number of thioether (sulfide) groups is 1. The minimum atomic E-state index is -4.23. The summed E-state index contributed by atoms with van der Waals surface area (Å²) in [7, 11) is 1.87. The zero-order chi connectivity index (χ0) is 14.5. The first-order valence-corrected chi connectivity index (χ1v) is 6.84. The van der Waals surface area contributed by atoms with Crippen molar-refractivity contribution in [3.05, 3.63) is 35.4 Å². The molecule has 1 N–H and O–H groups in total. The van der Waals surface area contributed by atoms with Crippen LogP contribution in [0.5, 0.6) is 0 Å². The molecule has 0 amide bonds. The molecule has 1 aromatic carbocycles. The molecule has 0 fully saturated rings. The SMILES string of the molecule is CNCC(=Cc1ccc(SC(F)(F)F)cc1)C(C)C. The normalized spacial score (nSPS) is 13.1. The molecule has 1 nitrogen and oxygen atoms in total. The highest BCUT2D eigenvalue weighted by Crippen LogP contribution is 2.36. The number of hydrogen-bond acceptors (Lipinski definition) is 2. The summed E-state index contributed by atoms with van der Waals surface area (Å²) in [5, 5.41) is 3.09. The minimum absolute atomic E-state index is 0.0881. The molecule has 1 aromatic rings. The molecule has 0 bridgehead atoms. The number of rotatable bonds is 5. The van der Waals surface area contributed by atoms with E-state index in [1.165, 1.54) is 17.7 Å². The van der Waals surface area contributed by atoms with Crippen LogP contribution in [0.1, 0.15) is 19.4 Å². The quantitative estimate of drug-likeness (QED) is 0.798.